The number of alkyl halides is 3. The number of methoxy groups -OCH3 is 1. The van der Waals surface area contributed by atoms with E-state index in [9.17, 15) is 23.5 Å². The molecule has 29 heavy (non-hydrogen) atoms. The van der Waals surface area contributed by atoms with E-state index in [1.165, 1.54) is 18.2 Å². The number of nitriles is 1. The van der Waals surface area contributed by atoms with Gasteiger partial charge in [0.25, 0.3) is 0 Å². The molecule has 2 heterocycles. The number of nitrogens with zero attached hydrogens (tertiary/aromatic N) is 3. The lowest BCUT2D eigenvalue weighted by atomic mass is 9.79. The van der Waals surface area contributed by atoms with Crippen LogP contribution in [0.1, 0.15) is 18.4 Å². The van der Waals surface area contributed by atoms with E-state index in [4.69, 9.17) is 16.3 Å². The van der Waals surface area contributed by atoms with Crippen molar-refractivity contribution in [3.63, 3.8) is 0 Å². The molecule has 3 rings (SSSR count). The van der Waals surface area contributed by atoms with Crippen molar-refractivity contribution >= 4 is 17.4 Å². The summed E-state index contributed by atoms with van der Waals surface area (Å²) in [5.74, 6) is -0.193. The van der Waals surface area contributed by atoms with Gasteiger partial charge in [0.15, 0.2) is 6.29 Å². The molecule has 0 aliphatic carbocycles. The zero-order valence-electron chi connectivity index (χ0n) is 15.6. The zero-order valence-corrected chi connectivity index (χ0v) is 16.3. The minimum Gasteiger partial charge on any atom is -0.367 e. The molecule has 1 atom stereocenters. The monoisotopic (exact) mass is 425 g/mol. The van der Waals surface area contributed by atoms with Gasteiger partial charge in [-0.15, -0.1) is 0 Å². The number of pyridine rings is 1. The molecule has 0 saturated carbocycles. The molecule has 2 aromatic rings. The summed E-state index contributed by atoms with van der Waals surface area (Å²) in [6.07, 6.45) is -4.20. The van der Waals surface area contributed by atoms with Gasteiger partial charge in [0.2, 0.25) is 0 Å². The molecule has 1 N–H and O–H groups in total. The maximum atomic E-state index is 13.8. The minimum absolute atomic E-state index is 0.139. The second kappa shape index (κ2) is 8.19. The molecule has 154 valence electrons. The van der Waals surface area contributed by atoms with Gasteiger partial charge in [0.05, 0.1) is 11.6 Å². The van der Waals surface area contributed by atoms with Crippen molar-refractivity contribution in [3.8, 4) is 17.2 Å². The van der Waals surface area contributed by atoms with Crippen LogP contribution in [0.2, 0.25) is 5.02 Å². The Morgan fingerprint density at radius 3 is 2.52 bits per heavy atom. The Morgan fingerprint density at radius 2 is 1.97 bits per heavy atom. The van der Waals surface area contributed by atoms with E-state index in [0.717, 1.165) is 6.07 Å². The lowest BCUT2D eigenvalue weighted by molar-refractivity contribution is -0.144. The maximum absolute atomic E-state index is 13.8. The number of rotatable bonds is 4. The summed E-state index contributed by atoms with van der Waals surface area (Å²) in [6, 6.07) is 9.66. The van der Waals surface area contributed by atoms with Gasteiger partial charge in [-0.05, 0) is 36.6 Å². The lowest BCUT2D eigenvalue weighted by Crippen LogP contribution is -2.47. The van der Waals surface area contributed by atoms with Crippen molar-refractivity contribution in [3.05, 3.63) is 47.1 Å². The second-order valence-corrected chi connectivity index (χ2v) is 7.38. The maximum Gasteiger partial charge on any atom is 0.419 e. The van der Waals surface area contributed by atoms with Crippen LogP contribution in [0.25, 0.3) is 11.1 Å². The summed E-state index contributed by atoms with van der Waals surface area (Å²) in [5, 5.41) is 19.9. The summed E-state index contributed by atoms with van der Waals surface area (Å²) in [7, 11) is 1.29. The third-order valence-electron chi connectivity index (χ3n) is 5.20. The first-order valence-corrected chi connectivity index (χ1v) is 9.28. The standard InChI is InChI=1S/C20H19ClF3N3O2/c1-29-18(28)19(12-25)5-7-27(8-6-19)17-16(20(22,23)24)10-14(11-26-17)13-3-2-4-15(21)9-13/h2-4,9-11,18,28H,5-8H2,1H3. The van der Waals surface area contributed by atoms with Crippen LogP contribution in [0.5, 0.6) is 0 Å². The molecule has 1 fully saturated rings. The Labute approximate surface area is 171 Å². The number of halogens is 4. The van der Waals surface area contributed by atoms with Crippen LogP contribution >= 0.6 is 11.6 Å². The summed E-state index contributed by atoms with van der Waals surface area (Å²) >= 11 is 5.95. The molecule has 0 radical (unpaired) electrons. The van der Waals surface area contributed by atoms with E-state index in [-0.39, 0.29) is 31.7 Å². The Bertz CT molecular complexity index is 922. The van der Waals surface area contributed by atoms with Gasteiger partial charge in [0, 0.05) is 37.0 Å². The summed E-state index contributed by atoms with van der Waals surface area (Å²) in [4.78, 5) is 5.59. The topological polar surface area (TPSA) is 69.4 Å². The van der Waals surface area contributed by atoms with Crippen LogP contribution in [0.15, 0.2) is 36.5 Å². The number of benzene rings is 1. The molecule has 0 bridgehead atoms. The van der Waals surface area contributed by atoms with Gasteiger partial charge >= 0.3 is 6.18 Å². The van der Waals surface area contributed by atoms with Crippen LogP contribution in [-0.2, 0) is 10.9 Å². The first-order valence-electron chi connectivity index (χ1n) is 8.90. The third kappa shape index (κ3) is 4.32. The van der Waals surface area contributed by atoms with Gasteiger partial charge in [0.1, 0.15) is 11.2 Å². The summed E-state index contributed by atoms with van der Waals surface area (Å²) in [6.45, 7) is 0.279. The number of ether oxygens (including phenoxy) is 1. The van der Waals surface area contributed by atoms with Gasteiger partial charge in [-0.25, -0.2) is 4.98 Å². The largest absolute Gasteiger partial charge is 0.419 e. The second-order valence-electron chi connectivity index (χ2n) is 6.95. The van der Waals surface area contributed by atoms with Crippen LogP contribution in [-0.4, -0.2) is 36.6 Å². The van der Waals surface area contributed by atoms with Crippen LogP contribution in [0.3, 0.4) is 0 Å². The van der Waals surface area contributed by atoms with Gasteiger partial charge in [-0.3, -0.25) is 0 Å². The van der Waals surface area contributed by atoms with E-state index in [0.29, 0.717) is 16.1 Å². The number of hydrogen-bond donors (Lipinski definition) is 1. The van der Waals surface area contributed by atoms with Crippen molar-refractivity contribution in [2.75, 3.05) is 25.1 Å². The average Bonchev–Trinajstić information content (AvgIpc) is 2.72. The lowest BCUT2D eigenvalue weighted by Gasteiger charge is -2.40. The number of aromatic nitrogens is 1. The number of aliphatic hydroxyl groups excluding tert-OH is 1. The number of anilines is 1. The number of piperidine rings is 1. The minimum atomic E-state index is -4.60. The highest BCUT2D eigenvalue weighted by Gasteiger charge is 2.44. The fourth-order valence-corrected chi connectivity index (χ4v) is 3.69. The molecule has 1 aromatic heterocycles. The molecule has 0 amide bonds. The van der Waals surface area contributed by atoms with E-state index < -0.39 is 23.4 Å². The molecule has 1 aliphatic rings. The highest BCUT2D eigenvalue weighted by Crippen LogP contribution is 2.41. The number of hydrogen-bond acceptors (Lipinski definition) is 5. The molecule has 1 unspecified atom stereocenters. The third-order valence-corrected chi connectivity index (χ3v) is 5.44. The normalized spacial score (nSPS) is 17.6. The van der Waals surface area contributed by atoms with Crippen LogP contribution in [0.4, 0.5) is 19.0 Å². The fraction of sp³-hybridized carbons (Fsp3) is 0.400. The van der Waals surface area contributed by atoms with Crippen molar-refractivity contribution in [1.82, 2.24) is 4.98 Å². The molecular weight excluding hydrogens is 407 g/mol. The van der Waals surface area contributed by atoms with Crippen LogP contribution < -0.4 is 4.90 Å². The highest BCUT2D eigenvalue weighted by atomic mass is 35.5. The molecule has 1 saturated heterocycles. The molecule has 1 aromatic carbocycles. The molecular formula is C20H19ClF3N3O2. The van der Waals surface area contributed by atoms with Crippen molar-refractivity contribution in [2.24, 2.45) is 5.41 Å². The Hall–Kier alpha value is -2.34. The SMILES string of the molecule is COC(O)C1(C#N)CCN(c2ncc(-c3cccc(Cl)c3)cc2C(F)(F)F)CC1. The Kier molecular flexibility index (Phi) is 6.03. The van der Waals surface area contributed by atoms with E-state index in [2.05, 4.69) is 11.1 Å². The van der Waals surface area contributed by atoms with Crippen LogP contribution in [0, 0.1) is 16.7 Å². The van der Waals surface area contributed by atoms with Crippen molar-refractivity contribution in [2.45, 2.75) is 25.3 Å². The van der Waals surface area contributed by atoms with E-state index in [1.807, 2.05) is 0 Å². The first kappa shape index (κ1) is 21.4. The summed E-state index contributed by atoms with van der Waals surface area (Å²) < 4.78 is 46.2. The predicted octanol–water partition coefficient (Wildman–Crippen LogP) is 4.50. The highest BCUT2D eigenvalue weighted by molar-refractivity contribution is 6.30. The smallest absolute Gasteiger partial charge is 0.367 e. The molecule has 9 heteroatoms. The molecule has 0 spiro atoms. The van der Waals surface area contributed by atoms with Gasteiger partial charge < -0.3 is 14.7 Å². The van der Waals surface area contributed by atoms with Crippen molar-refractivity contribution < 1.29 is 23.0 Å². The average molecular weight is 426 g/mol. The van der Waals surface area contributed by atoms with Crippen molar-refractivity contribution in [1.29, 1.82) is 5.26 Å². The van der Waals surface area contributed by atoms with Gasteiger partial charge in [-0.1, -0.05) is 23.7 Å². The summed E-state index contributed by atoms with van der Waals surface area (Å²) in [5.41, 5.74) is -1.16. The zero-order chi connectivity index (χ0) is 21.2. The fourth-order valence-electron chi connectivity index (χ4n) is 3.50. The van der Waals surface area contributed by atoms with Gasteiger partial charge in [-0.2, -0.15) is 18.4 Å². The quantitative estimate of drug-likeness (QED) is 0.730. The molecule has 1 aliphatic heterocycles. The predicted molar refractivity (Wildman–Crippen MR) is 102 cm³/mol. The number of aliphatic hydroxyl groups is 1. The van der Waals surface area contributed by atoms with E-state index >= 15 is 0 Å². The Balaban J connectivity index is 1.93. The first-order chi connectivity index (χ1) is 13.7. The van der Waals surface area contributed by atoms with E-state index in [1.54, 1.807) is 24.3 Å². The molecule has 5 nitrogen and oxygen atoms in total. The Morgan fingerprint density at radius 1 is 1.28 bits per heavy atom.